The number of rotatable bonds is 7. The molecule has 0 bridgehead atoms. The zero-order valence-electron chi connectivity index (χ0n) is 13.6. The van der Waals surface area contributed by atoms with Crippen LogP contribution in [0.15, 0.2) is 42.5 Å². The van der Waals surface area contributed by atoms with E-state index in [1.54, 1.807) is 26.4 Å². The smallest absolute Gasteiger partial charge is 0.258 e. The molecule has 0 fully saturated rings. The Hall–Kier alpha value is -2.69. The number of hydrogen-bond acceptors (Lipinski definition) is 4. The lowest BCUT2D eigenvalue weighted by Gasteiger charge is -2.11. The van der Waals surface area contributed by atoms with Crippen LogP contribution in [0.2, 0.25) is 0 Å². The first kappa shape index (κ1) is 16.7. The van der Waals surface area contributed by atoms with Crippen LogP contribution in [-0.4, -0.2) is 26.7 Å². The summed E-state index contributed by atoms with van der Waals surface area (Å²) in [6.45, 7) is 2.35. The van der Waals surface area contributed by atoms with Gasteiger partial charge in [-0.25, -0.2) is 0 Å². The van der Waals surface area contributed by atoms with Gasteiger partial charge in [-0.05, 0) is 36.2 Å². The third kappa shape index (κ3) is 4.64. The van der Waals surface area contributed by atoms with Crippen LogP contribution in [-0.2, 0) is 11.3 Å². The van der Waals surface area contributed by atoms with E-state index in [0.29, 0.717) is 18.0 Å². The molecule has 0 saturated carbocycles. The van der Waals surface area contributed by atoms with Crippen LogP contribution < -0.4 is 19.5 Å². The summed E-state index contributed by atoms with van der Waals surface area (Å²) in [6.07, 6.45) is 0. The van der Waals surface area contributed by atoms with Crippen molar-refractivity contribution in [3.63, 3.8) is 0 Å². The van der Waals surface area contributed by atoms with Crippen molar-refractivity contribution in [2.45, 2.75) is 13.5 Å². The average Bonchev–Trinajstić information content (AvgIpc) is 2.58. The van der Waals surface area contributed by atoms with Crippen molar-refractivity contribution in [3.8, 4) is 17.2 Å². The van der Waals surface area contributed by atoms with E-state index in [1.165, 1.54) is 0 Å². The molecule has 2 aromatic rings. The van der Waals surface area contributed by atoms with E-state index in [0.717, 1.165) is 16.9 Å². The maximum absolute atomic E-state index is 11.9. The molecule has 23 heavy (non-hydrogen) atoms. The fourth-order valence-electron chi connectivity index (χ4n) is 2.18. The van der Waals surface area contributed by atoms with Crippen molar-refractivity contribution in [2.75, 3.05) is 20.8 Å². The lowest BCUT2D eigenvalue weighted by Crippen LogP contribution is -2.28. The van der Waals surface area contributed by atoms with Crippen molar-refractivity contribution >= 4 is 5.91 Å². The Kier molecular flexibility index (Phi) is 5.86. The van der Waals surface area contributed by atoms with Gasteiger partial charge < -0.3 is 19.5 Å². The van der Waals surface area contributed by atoms with Gasteiger partial charge in [0.1, 0.15) is 5.75 Å². The Bertz CT molecular complexity index is 670. The molecule has 0 radical (unpaired) electrons. The molecule has 5 nitrogen and oxygen atoms in total. The molecule has 1 amide bonds. The van der Waals surface area contributed by atoms with Crippen molar-refractivity contribution < 1.29 is 19.0 Å². The third-order valence-electron chi connectivity index (χ3n) is 3.38. The Morgan fingerprint density at radius 2 is 1.70 bits per heavy atom. The number of nitrogens with one attached hydrogen (secondary N) is 1. The molecule has 2 aromatic carbocycles. The normalized spacial score (nSPS) is 10.0. The molecular formula is C18H21NO4. The summed E-state index contributed by atoms with van der Waals surface area (Å²) in [4.78, 5) is 11.9. The van der Waals surface area contributed by atoms with Gasteiger partial charge in [-0.15, -0.1) is 0 Å². The topological polar surface area (TPSA) is 56.8 Å². The monoisotopic (exact) mass is 315 g/mol. The molecule has 1 N–H and O–H groups in total. The first-order valence-corrected chi connectivity index (χ1v) is 7.30. The van der Waals surface area contributed by atoms with Crippen molar-refractivity contribution in [1.29, 1.82) is 0 Å². The molecule has 0 aliphatic heterocycles. The Labute approximate surface area is 136 Å². The Balaban J connectivity index is 1.84. The summed E-state index contributed by atoms with van der Waals surface area (Å²) >= 11 is 0. The number of carbonyl (C=O) groups excluding carboxylic acids is 1. The van der Waals surface area contributed by atoms with Crippen molar-refractivity contribution in [1.82, 2.24) is 5.32 Å². The van der Waals surface area contributed by atoms with Crippen LogP contribution in [0.4, 0.5) is 0 Å². The molecule has 0 atom stereocenters. The van der Waals surface area contributed by atoms with Crippen LogP contribution in [0.25, 0.3) is 0 Å². The zero-order chi connectivity index (χ0) is 16.7. The number of para-hydroxylation sites is 2. The van der Waals surface area contributed by atoms with E-state index in [4.69, 9.17) is 14.2 Å². The summed E-state index contributed by atoms with van der Waals surface area (Å²) in [5.74, 6) is 1.79. The fraction of sp³-hybridized carbons (Fsp3) is 0.278. The van der Waals surface area contributed by atoms with E-state index in [9.17, 15) is 4.79 Å². The van der Waals surface area contributed by atoms with Gasteiger partial charge in [0, 0.05) is 6.54 Å². The summed E-state index contributed by atoms with van der Waals surface area (Å²) in [5, 5.41) is 2.83. The van der Waals surface area contributed by atoms with Gasteiger partial charge in [-0.3, -0.25) is 4.79 Å². The number of hydrogen-bond donors (Lipinski definition) is 1. The van der Waals surface area contributed by atoms with Gasteiger partial charge in [-0.2, -0.15) is 0 Å². The van der Waals surface area contributed by atoms with Gasteiger partial charge >= 0.3 is 0 Å². The molecule has 2 rings (SSSR count). The number of methoxy groups -OCH3 is 2. The molecule has 0 saturated heterocycles. The highest BCUT2D eigenvalue weighted by atomic mass is 16.5. The summed E-state index contributed by atoms with van der Waals surface area (Å²) in [7, 11) is 3.20. The SMILES string of the molecule is COc1ccc(CNC(=O)COc2ccccc2OC)cc1C. The average molecular weight is 315 g/mol. The van der Waals surface area contributed by atoms with E-state index in [1.807, 2.05) is 37.3 Å². The van der Waals surface area contributed by atoms with E-state index in [2.05, 4.69) is 5.32 Å². The first-order valence-electron chi connectivity index (χ1n) is 7.30. The quantitative estimate of drug-likeness (QED) is 0.853. The molecule has 5 heteroatoms. The van der Waals surface area contributed by atoms with E-state index in [-0.39, 0.29) is 12.5 Å². The highest BCUT2D eigenvalue weighted by Crippen LogP contribution is 2.25. The van der Waals surface area contributed by atoms with Crippen LogP contribution in [0.3, 0.4) is 0 Å². The van der Waals surface area contributed by atoms with E-state index < -0.39 is 0 Å². The first-order chi connectivity index (χ1) is 11.1. The lowest BCUT2D eigenvalue weighted by atomic mass is 10.1. The maximum Gasteiger partial charge on any atom is 0.258 e. The predicted molar refractivity (Wildman–Crippen MR) is 88.1 cm³/mol. The summed E-state index contributed by atoms with van der Waals surface area (Å²) in [6, 6.07) is 13.0. The summed E-state index contributed by atoms with van der Waals surface area (Å²) < 4.78 is 15.9. The third-order valence-corrected chi connectivity index (χ3v) is 3.38. The van der Waals surface area contributed by atoms with Gasteiger partial charge in [0.15, 0.2) is 18.1 Å². The fourth-order valence-corrected chi connectivity index (χ4v) is 2.18. The van der Waals surface area contributed by atoms with Crippen LogP contribution >= 0.6 is 0 Å². The van der Waals surface area contributed by atoms with Gasteiger partial charge in [-0.1, -0.05) is 24.3 Å². The molecule has 0 aliphatic rings. The van der Waals surface area contributed by atoms with Gasteiger partial charge in [0.25, 0.3) is 5.91 Å². The summed E-state index contributed by atoms with van der Waals surface area (Å²) in [5.41, 5.74) is 2.04. The second kappa shape index (κ2) is 8.08. The lowest BCUT2D eigenvalue weighted by molar-refractivity contribution is -0.123. The zero-order valence-corrected chi connectivity index (χ0v) is 13.6. The van der Waals surface area contributed by atoms with Crippen LogP contribution in [0.1, 0.15) is 11.1 Å². The molecule has 0 aromatic heterocycles. The second-order valence-corrected chi connectivity index (χ2v) is 5.02. The number of benzene rings is 2. The minimum atomic E-state index is -0.190. The molecule has 0 heterocycles. The molecule has 0 spiro atoms. The van der Waals surface area contributed by atoms with Crippen molar-refractivity contribution in [2.24, 2.45) is 0 Å². The number of carbonyl (C=O) groups is 1. The van der Waals surface area contributed by atoms with Gasteiger partial charge in [0.2, 0.25) is 0 Å². The number of amides is 1. The predicted octanol–water partition coefficient (Wildman–Crippen LogP) is 2.71. The minimum absolute atomic E-state index is 0.0600. The molecule has 122 valence electrons. The maximum atomic E-state index is 11.9. The number of ether oxygens (including phenoxy) is 3. The van der Waals surface area contributed by atoms with Crippen LogP contribution in [0, 0.1) is 6.92 Å². The highest BCUT2D eigenvalue weighted by molar-refractivity contribution is 5.77. The Morgan fingerprint density at radius 3 is 2.35 bits per heavy atom. The molecule has 0 aliphatic carbocycles. The molecular weight excluding hydrogens is 294 g/mol. The van der Waals surface area contributed by atoms with Crippen LogP contribution in [0.5, 0.6) is 17.2 Å². The highest BCUT2D eigenvalue weighted by Gasteiger charge is 2.07. The minimum Gasteiger partial charge on any atom is -0.496 e. The second-order valence-electron chi connectivity index (χ2n) is 5.02. The van der Waals surface area contributed by atoms with Crippen molar-refractivity contribution in [3.05, 3.63) is 53.6 Å². The molecule has 0 unspecified atom stereocenters. The number of aryl methyl sites for hydroxylation is 1. The standard InChI is InChI=1S/C18H21NO4/c1-13-10-14(8-9-15(13)21-2)11-19-18(20)12-23-17-7-5-4-6-16(17)22-3/h4-10H,11-12H2,1-3H3,(H,19,20). The Morgan fingerprint density at radius 1 is 1.00 bits per heavy atom. The van der Waals surface area contributed by atoms with E-state index >= 15 is 0 Å². The van der Waals surface area contributed by atoms with Gasteiger partial charge in [0.05, 0.1) is 14.2 Å². The largest absolute Gasteiger partial charge is 0.496 e.